The van der Waals surface area contributed by atoms with Gasteiger partial charge < -0.3 is 14.0 Å². The van der Waals surface area contributed by atoms with Gasteiger partial charge in [-0.05, 0) is 25.7 Å². The molecule has 0 atom stereocenters. The van der Waals surface area contributed by atoms with Crippen LogP contribution in [0.1, 0.15) is 91.9 Å². The third kappa shape index (κ3) is 12.3. The Morgan fingerprint density at radius 1 is 0.654 bits per heavy atom. The molecule has 5 nitrogen and oxygen atoms in total. The van der Waals surface area contributed by atoms with Crippen LogP contribution in [-0.4, -0.2) is 49.4 Å². The smallest absolute Gasteiger partial charge is 0.309 e. The van der Waals surface area contributed by atoms with Crippen molar-refractivity contribution < 1.29 is 23.5 Å². The molecule has 26 heavy (non-hydrogen) atoms. The van der Waals surface area contributed by atoms with Crippen LogP contribution >= 0.6 is 0 Å². The SMILES string of the molecule is CCCC[N+](CCCC)(CCCC)CCCC.O=C1CCC(=O)OCO1. The Hall–Kier alpha value is -1.10. The lowest BCUT2D eigenvalue weighted by molar-refractivity contribution is -0.929. The van der Waals surface area contributed by atoms with E-state index in [2.05, 4.69) is 37.2 Å². The monoisotopic (exact) mass is 372 g/mol. The Bertz CT molecular complexity index is 318. The van der Waals surface area contributed by atoms with Gasteiger partial charge in [-0.3, -0.25) is 9.59 Å². The third-order valence-corrected chi connectivity index (χ3v) is 4.92. The summed E-state index contributed by atoms with van der Waals surface area (Å²) in [7, 11) is 0. The molecular weight excluding hydrogens is 330 g/mol. The Morgan fingerprint density at radius 3 is 1.23 bits per heavy atom. The normalized spacial score (nSPS) is 14.8. The maximum atomic E-state index is 10.4. The van der Waals surface area contributed by atoms with Crippen LogP contribution in [0.4, 0.5) is 0 Å². The zero-order valence-corrected chi connectivity index (χ0v) is 17.7. The second kappa shape index (κ2) is 16.1. The highest BCUT2D eigenvalue weighted by Gasteiger charge is 2.24. The van der Waals surface area contributed by atoms with E-state index in [1.807, 2.05) is 0 Å². The van der Waals surface area contributed by atoms with Crippen molar-refractivity contribution in [2.45, 2.75) is 91.9 Å². The van der Waals surface area contributed by atoms with Crippen molar-refractivity contribution >= 4 is 11.9 Å². The van der Waals surface area contributed by atoms with Gasteiger partial charge in [-0.2, -0.15) is 0 Å². The number of unbranched alkanes of at least 4 members (excludes halogenated alkanes) is 4. The van der Waals surface area contributed by atoms with Crippen LogP contribution in [0.15, 0.2) is 0 Å². The van der Waals surface area contributed by atoms with Gasteiger partial charge in [-0.25, -0.2) is 0 Å². The number of carbonyl (C=O) groups excluding carboxylic acids is 2. The van der Waals surface area contributed by atoms with E-state index in [9.17, 15) is 9.59 Å². The lowest BCUT2D eigenvalue weighted by atomic mass is 10.1. The standard InChI is InChI=1S/C16H36N.C5H6O4/c1-5-9-13-17(14-10-6-2,15-11-7-3)16-12-8-4;6-4-1-2-5(7)9-3-8-4/h5-16H2,1-4H3;1-3H2/q+1;. The lowest BCUT2D eigenvalue weighted by Crippen LogP contribution is -2.50. The van der Waals surface area contributed by atoms with Crippen molar-refractivity contribution in [2.24, 2.45) is 0 Å². The predicted molar refractivity (Wildman–Crippen MR) is 106 cm³/mol. The maximum absolute atomic E-state index is 10.4. The fraction of sp³-hybridized carbons (Fsp3) is 0.905. The highest BCUT2D eigenvalue weighted by Crippen LogP contribution is 2.16. The van der Waals surface area contributed by atoms with E-state index in [-0.39, 0.29) is 31.6 Å². The van der Waals surface area contributed by atoms with Gasteiger partial charge in [0.2, 0.25) is 6.79 Å². The fourth-order valence-corrected chi connectivity index (χ4v) is 3.15. The Labute approximate surface area is 161 Å². The van der Waals surface area contributed by atoms with Crippen molar-refractivity contribution in [3.8, 4) is 0 Å². The van der Waals surface area contributed by atoms with Gasteiger partial charge in [-0.15, -0.1) is 0 Å². The molecule has 154 valence electrons. The molecule has 0 aromatic carbocycles. The number of quaternary nitrogens is 1. The van der Waals surface area contributed by atoms with E-state index < -0.39 is 0 Å². The first kappa shape index (κ1) is 24.9. The summed E-state index contributed by atoms with van der Waals surface area (Å²) in [5.74, 6) is -0.748. The van der Waals surface area contributed by atoms with E-state index in [1.54, 1.807) is 0 Å². The van der Waals surface area contributed by atoms with E-state index in [1.165, 1.54) is 82.0 Å². The molecule has 1 rings (SSSR count). The minimum Gasteiger partial charge on any atom is -0.428 e. The average molecular weight is 373 g/mol. The number of carbonyl (C=O) groups is 2. The summed E-state index contributed by atoms with van der Waals surface area (Å²) < 4.78 is 10.2. The summed E-state index contributed by atoms with van der Waals surface area (Å²) in [6.45, 7) is 14.8. The molecule has 1 heterocycles. The first-order valence-corrected chi connectivity index (χ1v) is 10.7. The van der Waals surface area contributed by atoms with Gasteiger partial charge >= 0.3 is 11.9 Å². The predicted octanol–water partition coefficient (Wildman–Crippen LogP) is 4.83. The van der Waals surface area contributed by atoms with Gasteiger partial charge in [0.05, 0.1) is 39.0 Å². The summed E-state index contributed by atoms with van der Waals surface area (Å²) >= 11 is 0. The summed E-state index contributed by atoms with van der Waals surface area (Å²) in [6, 6.07) is 0. The lowest BCUT2D eigenvalue weighted by Gasteiger charge is -2.39. The quantitative estimate of drug-likeness (QED) is 0.364. The topological polar surface area (TPSA) is 52.6 Å². The third-order valence-electron chi connectivity index (χ3n) is 4.92. The zero-order chi connectivity index (χ0) is 19.7. The number of rotatable bonds is 12. The first-order valence-electron chi connectivity index (χ1n) is 10.7. The van der Waals surface area contributed by atoms with Crippen LogP contribution < -0.4 is 0 Å². The molecule has 0 aromatic heterocycles. The maximum Gasteiger partial charge on any atom is 0.309 e. The Kier molecular flexibility index (Phi) is 15.4. The van der Waals surface area contributed by atoms with Crippen LogP contribution in [0.5, 0.6) is 0 Å². The molecule has 1 fully saturated rings. The highest BCUT2D eigenvalue weighted by molar-refractivity contribution is 5.78. The number of cyclic esters (lactones) is 2. The van der Waals surface area contributed by atoms with Gasteiger partial charge in [-0.1, -0.05) is 53.4 Å². The van der Waals surface area contributed by atoms with Crippen LogP contribution in [0.2, 0.25) is 0 Å². The molecule has 0 radical (unpaired) electrons. The van der Waals surface area contributed by atoms with Crippen LogP contribution in [0, 0.1) is 0 Å². The van der Waals surface area contributed by atoms with Crippen molar-refractivity contribution in [3.05, 3.63) is 0 Å². The molecule has 0 N–H and O–H groups in total. The minimum atomic E-state index is -0.374. The van der Waals surface area contributed by atoms with Crippen molar-refractivity contribution in [2.75, 3.05) is 33.0 Å². The van der Waals surface area contributed by atoms with Crippen LogP contribution in [0.25, 0.3) is 0 Å². The van der Waals surface area contributed by atoms with Crippen LogP contribution in [-0.2, 0) is 19.1 Å². The van der Waals surface area contributed by atoms with E-state index in [4.69, 9.17) is 0 Å². The molecule has 0 aromatic rings. The molecular formula is C21H42NO4+. The minimum absolute atomic E-state index is 0.138. The van der Waals surface area contributed by atoms with Gasteiger partial charge in [0.15, 0.2) is 0 Å². The number of nitrogens with zero attached hydrogens (tertiary/aromatic N) is 1. The summed E-state index contributed by atoms with van der Waals surface area (Å²) in [5, 5.41) is 0. The Balaban J connectivity index is 0.000000577. The summed E-state index contributed by atoms with van der Waals surface area (Å²) in [6.07, 6.45) is 11.3. The zero-order valence-electron chi connectivity index (χ0n) is 17.7. The molecule has 0 bridgehead atoms. The van der Waals surface area contributed by atoms with E-state index in [0.29, 0.717) is 0 Å². The van der Waals surface area contributed by atoms with Gasteiger partial charge in [0.25, 0.3) is 0 Å². The molecule has 0 spiro atoms. The highest BCUT2D eigenvalue weighted by atomic mass is 16.7. The number of ether oxygens (including phenoxy) is 2. The summed E-state index contributed by atoms with van der Waals surface area (Å²) in [5.41, 5.74) is 0. The average Bonchev–Trinajstić information content (AvgIpc) is 2.84. The fourth-order valence-electron chi connectivity index (χ4n) is 3.15. The molecule has 1 aliphatic rings. The molecule has 5 heteroatoms. The largest absolute Gasteiger partial charge is 0.428 e. The molecule has 0 saturated carbocycles. The Morgan fingerprint density at radius 2 is 0.962 bits per heavy atom. The van der Waals surface area contributed by atoms with Crippen molar-refractivity contribution in [3.63, 3.8) is 0 Å². The van der Waals surface area contributed by atoms with Crippen molar-refractivity contribution in [1.82, 2.24) is 0 Å². The molecule has 1 aliphatic heterocycles. The first-order chi connectivity index (χ1) is 12.5. The van der Waals surface area contributed by atoms with Crippen LogP contribution in [0.3, 0.4) is 0 Å². The van der Waals surface area contributed by atoms with Crippen molar-refractivity contribution in [1.29, 1.82) is 0 Å². The molecule has 1 saturated heterocycles. The second-order valence-corrected chi connectivity index (χ2v) is 7.30. The van der Waals surface area contributed by atoms with E-state index >= 15 is 0 Å². The van der Waals surface area contributed by atoms with E-state index in [0.717, 1.165) is 0 Å². The summed E-state index contributed by atoms with van der Waals surface area (Å²) in [4.78, 5) is 20.7. The number of hydrogen-bond acceptors (Lipinski definition) is 4. The van der Waals surface area contributed by atoms with Gasteiger partial charge in [0, 0.05) is 0 Å². The number of hydrogen-bond donors (Lipinski definition) is 0. The second-order valence-electron chi connectivity index (χ2n) is 7.30. The molecule has 0 aliphatic carbocycles. The molecule has 0 unspecified atom stereocenters. The van der Waals surface area contributed by atoms with Gasteiger partial charge in [0.1, 0.15) is 0 Å². The molecule has 0 amide bonds. The number of esters is 2.